The normalized spacial score (nSPS) is 11.8. The largest absolute Gasteiger partial charge is 0.573 e. The minimum Gasteiger partial charge on any atom is -0.497 e. The Bertz CT molecular complexity index is 1110. The molecule has 0 spiro atoms. The molecule has 2 N–H and O–H groups in total. The van der Waals surface area contributed by atoms with E-state index in [0.717, 1.165) is 18.2 Å². The first kappa shape index (κ1) is 23.3. The molecule has 2 aromatic carbocycles. The summed E-state index contributed by atoms with van der Waals surface area (Å²) in [4.78, 5) is 7.52. The Morgan fingerprint density at radius 3 is 2.28 bits per heavy atom. The summed E-state index contributed by atoms with van der Waals surface area (Å²) >= 11 is 5.75. The number of hydrogen-bond acceptors (Lipinski definition) is 6. The van der Waals surface area contributed by atoms with Crippen LogP contribution in [0.15, 0.2) is 48.7 Å². The van der Waals surface area contributed by atoms with Crippen molar-refractivity contribution in [2.24, 2.45) is 0 Å². The lowest BCUT2D eigenvalue weighted by Crippen LogP contribution is -2.17. The van der Waals surface area contributed by atoms with E-state index in [9.17, 15) is 26.3 Å². The van der Waals surface area contributed by atoms with Crippen molar-refractivity contribution in [3.63, 3.8) is 0 Å². The molecular formula is C19H13ClF6N4O2. The fourth-order valence-electron chi connectivity index (χ4n) is 2.50. The maximum Gasteiger partial charge on any atom is 0.573 e. The maximum absolute atomic E-state index is 13.4. The van der Waals surface area contributed by atoms with Crippen LogP contribution in [-0.2, 0) is 6.18 Å². The Morgan fingerprint density at radius 2 is 1.66 bits per heavy atom. The van der Waals surface area contributed by atoms with Gasteiger partial charge in [0.2, 0.25) is 5.95 Å². The van der Waals surface area contributed by atoms with Crippen LogP contribution >= 0.6 is 11.6 Å². The van der Waals surface area contributed by atoms with E-state index < -0.39 is 34.7 Å². The quantitative estimate of drug-likeness (QED) is 0.392. The average molecular weight is 479 g/mol. The van der Waals surface area contributed by atoms with Crippen LogP contribution in [0.1, 0.15) is 5.56 Å². The molecule has 32 heavy (non-hydrogen) atoms. The molecule has 0 aliphatic rings. The predicted molar refractivity (Wildman–Crippen MR) is 105 cm³/mol. The molecule has 0 saturated carbocycles. The van der Waals surface area contributed by atoms with Gasteiger partial charge in [0.15, 0.2) is 0 Å². The van der Waals surface area contributed by atoms with Crippen LogP contribution in [0.4, 0.5) is 49.5 Å². The van der Waals surface area contributed by atoms with Gasteiger partial charge in [0.1, 0.15) is 22.9 Å². The highest BCUT2D eigenvalue weighted by Gasteiger charge is 2.36. The number of nitrogens with zero attached hydrogens (tertiary/aromatic N) is 2. The number of anilines is 4. The van der Waals surface area contributed by atoms with E-state index in [1.165, 1.54) is 7.11 Å². The Kier molecular flexibility index (Phi) is 6.53. The first-order chi connectivity index (χ1) is 14.9. The van der Waals surface area contributed by atoms with Gasteiger partial charge in [-0.25, -0.2) is 4.98 Å². The number of ether oxygens (including phenoxy) is 2. The zero-order chi connectivity index (χ0) is 23.5. The van der Waals surface area contributed by atoms with E-state index in [4.69, 9.17) is 16.3 Å². The number of benzene rings is 2. The van der Waals surface area contributed by atoms with Crippen molar-refractivity contribution in [2.75, 3.05) is 17.7 Å². The van der Waals surface area contributed by atoms with Crippen molar-refractivity contribution < 1.29 is 35.8 Å². The smallest absolute Gasteiger partial charge is 0.497 e. The summed E-state index contributed by atoms with van der Waals surface area (Å²) in [6.45, 7) is 0. The Morgan fingerprint density at radius 1 is 0.938 bits per heavy atom. The Balaban J connectivity index is 1.91. The number of halogens is 7. The van der Waals surface area contributed by atoms with Crippen LogP contribution in [0.3, 0.4) is 0 Å². The van der Waals surface area contributed by atoms with Crippen molar-refractivity contribution in [3.05, 3.63) is 59.2 Å². The SMILES string of the molecule is COc1cccc(Nc2ncc(C(F)(F)F)c(Nc3ccc(OC(F)(F)F)c(Cl)c3)n2)c1. The monoisotopic (exact) mass is 478 g/mol. The van der Waals surface area contributed by atoms with Crippen LogP contribution in [0.25, 0.3) is 0 Å². The number of hydrogen-bond donors (Lipinski definition) is 2. The summed E-state index contributed by atoms with van der Waals surface area (Å²) in [5.74, 6) is -1.02. The molecule has 0 amide bonds. The maximum atomic E-state index is 13.4. The first-order valence-electron chi connectivity index (χ1n) is 8.62. The second-order valence-electron chi connectivity index (χ2n) is 6.13. The second-order valence-corrected chi connectivity index (χ2v) is 6.54. The molecule has 13 heteroatoms. The highest BCUT2D eigenvalue weighted by molar-refractivity contribution is 6.32. The molecule has 6 nitrogen and oxygen atoms in total. The third kappa shape index (κ3) is 6.06. The molecular weight excluding hydrogens is 466 g/mol. The highest BCUT2D eigenvalue weighted by Crippen LogP contribution is 2.37. The van der Waals surface area contributed by atoms with Gasteiger partial charge >= 0.3 is 12.5 Å². The summed E-state index contributed by atoms with van der Waals surface area (Å²) < 4.78 is 86.2. The van der Waals surface area contributed by atoms with Gasteiger partial charge in [-0.3, -0.25) is 0 Å². The van der Waals surface area contributed by atoms with Crippen molar-refractivity contribution in [2.45, 2.75) is 12.5 Å². The van der Waals surface area contributed by atoms with E-state index in [2.05, 4.69) is 25.3 Å². The van der Waals surface area contributed by atoms with E-state index in [0.29, 0.717) is 17.6 Å². The third-order valence-corrected chi connectivity index (χ3v) is 4.14. The molecule has 3 aromatic rings. The molecule has 0 bridgehead atoms. The number of rotatable bonds is 6. The molecule has 0 fully saturated rings. The van der Waals surface area contributed by atoms with E-state index in [-0.39, 0.29) is 11.6 Å². The van der Waals surface area contributed by atoms with Crippen molar-refractivity contribution in [1.82, 2.24) is 9.97 Å². The molecule has 0 saturated heterocycles. The summed E-state index contributed by atoms with van der Waals surface area (Å²) in [7, 11) is 1.45. The Hall–Kier alpha value is -3.41. The fourth-order valence-corrected chi connectivity index (χ4v) is 2.72. The average Bonchev–Trinajstić information content (AvgIpc) is 2.68. The van der Waals surface area contributed by atoms with Gasteiger partial charge in [0.25, 0.3) is 0 Å². The topological polar surface area (TPSA) is 68.3 Å². The van der Waals surface area contributed by atoms with Gasteiger partial charge in [0.05, 0.1) is 12.1 Å². The molecule has 3 rings (SSSR count). The molecule has 170 valence electrons. The predicted octanol–water partition coefficient (Wildman–Crippen LogP) is 6.54. The molecule has 0 radical (unpaired) electrons. The van der Waals surface area contributed by atoms with E-state index in [1.807, 2.05) is 0 Å². The van der Waals surface area contributed by atoms with Crippen molar-refractivity contribution in [1.29, 1.82) is 0 Å². The first-order valence-corrected chi connectivity index (χ1v) is 9.00. The van der Waals surface area contributed by atoms with Crippen LogP contribution < -0.4 is 20.1 Å². The van der Waals surface area contributed by atoms with Gasteiger partial charge in [-0.05, 0) is 30.3 Å². The lowest BCUT2D eigenvalue weighted by atomic mass is 10.2. The number of nitrogens with one attached hydrogen (secondary N) is 2. The molecule has 0 aliphatic carbocycles. The van der Waals surface area contributed by atoms with Crippen LogP contribution in [0, 0.1) is 0 Å². The summed E-state index contributed by atoms with van der Waals surface area (Å²) in [6, 6.07) is 9.41. The zero-order valence-electron chi connectivity index (χ0n) is 16.0. The van der Waals surface area contributed by atoms with E-state index >= 15 is 0 Å². The minimum atomic E-state index is -4.98. The number of methoxy groups -OCH3 is 1. The van der Waals surface area contributed by atoms with Crippen LogP contribution in [-0.4, -0.2) is 23.4 Å². The standard InChI is InChI=1S/C19H13ClF6N4O2/c1-31-12-4-2-3-10(7-12)29-17-27-9-13(18(21,22)23)16(30-17)28-11-5-6-15(14(20)8-11)32-19(24,25)26/h2-9H,1H3,(H2,27,28,29,30). The molecule has 1 heterocycles. The lowest BCUT2D eigenvalue weighted by molar-refractivity contribution is -0.274. The van der Waals surface area contributed by atoms with Gasteiger partial charge < -0.3 is 20.1 Å². The van der Waals surface area contributed by atoms with Crippen LogP contribution in [0.2, 0.25) is 5.02 Å². The summed E-state index contributed by atoms with van der Waals surface area (Å²) in [6.07, 6.45) is -9.21. The summed E-state index contributed by atoms with van der Waals surface area (Å²) in [5, 5.41) is 4.68. The van der Waals surface area contributed by atoms with Gasteiger partial charge in [-0.15, -0.1) is 13.2 Å². The van der Waals surface area contributed by atoms with Gasteiger partial charge in [-0.2, -0.15) is 18.2 Å². The lowest BCUT2D eigenvalue weighted by Gasteiger charge is -2.16. The molecule has 0 aliphatic heterocycles. The van der Waals surface area contributed by atoms with Crippen molar-refractivity contribution >= 4 is 34.7 Å². The number of alkyl halides is 6. The molecule has 1 aromatic heterocycles. The number of aromatic nitrogens is 2. The van der Waals surface area contributed by atoms with Gasteiger partial charge in [-0.1, -0.05) is 17.7 Å². The van der Waals surface area contributed by atoms with Crippen molar-refractivity contribution in [3.8, 4) is 11.5 Å². The highest BCUT2D eigenvalue weighted by atomic mass is 35.5. The molecule has 0 unspecified atom stereocenters. The fraction of sp³-hybridized carbons (Fsp3) is 0.158. The van der Waals surface area contributed by atoms with E-state index in [1.54, 1.807) is 24.3 Å². The van der Waals surface area contributed by atoms with Gasteiger partial charge in [0, 0.05) is 23.6 Å². The summed E-state index contributed by atoms with van der Waals surface area (Å²) in [5.41, 5.74) is -0.798. The minimum absolute atomic E-state index is 0.0546. The second kappa shape index (κ2) is 8.99. The molecule has 0 atom stereocenters. The third-order valence-electron chi connectivity index (χ3n) is 3.84. The Labute approximate surface area is 182 Å². The zero-order valence-corrected chi connectivity index (χ0v) is 16.7. The van der Waals surface area contributed by atoms with Crippen LogP contribution in [0.5, 0.6) is 11.5 Å².